The minimum absolute atomic E-state index is 0.0336. The molecule has 0 aliphatic carbocycles. The molecule has 140 valence electrons. The standard InChI is InChI=1S/C14H24F3N3O3S/c1-18(2)13(21)8-20-7-6-19(5-3-4-14(15,16)17)11-9-24(22,23)10-12(11)20/h11-12H,3-10H2,1-2H3/t11-,12+/m0/s1. The average molecular weight is 371 g/mol. The SMILES string of the molecule is CN(C)C(=O)CN1CCN(CCCC(F)(F)F)[C@H]2CS(=O)(=O)C[C@H]21. The van der Waals surface area contributed by atoms with Gasteiger partial charge in [-0.25, -0.2) is 8.42 Å². The lowest BCUT2D eigenvalue weighted by Gasteiger charge is -2.44. The Labute approximate surface area is 140 Å². The Morgan fingerprint density at radius 1 is 1.12 bits per heavy atom. The van der Waals surface area contributed by atoms with Crippen molar-refractivity contribution in [1.29, 1.82) is 0 Å². The maximum absolute atomic E-state index is 12.3. The summed E-state index contributed by atoms with van der Waals surface area (Å²) in [5, 5.41) is 0. The summed E-state index contributed by atoms with van der Waals surface area (Å²) in [5.41, 5.74) is 0. The molecule has 2 rings (SSSR count). The number of nitrogens with zero attached hydrogens (tertiary/aromatic N) is 3. The number of piperazine rings is 1. The number of hydrogen-bond acceptors (Lipinski definition) is 5. The normalized spacial score (nSPS) is 27.9. The summed E-state index contributed by atoms with van der Waals surface area (Å²) in [5.74, 6) is -0.187. The van der Waals surface area contributed by atoms with E-state index in [-0.39, 0.29) is 49.0 Å². The van der Waals surface area contributed by atoms with Crippen molar-refractivity contribution in [3.8, 4) is 0 Å². The van der Waals surface area contributed by atoms with Crippen molar-refractivity contribution in [1.82, 2.24) is 14.7 Å². The van der Waals surface area contributed by atoms with E-state index in [9.17, 15) is 26.4 Å². The van der Waals surface area contributed by atoms with Gasteiger partial charge in [0, 0.05) is 45.7 Å². The van der Waals surface area contributed by atoms with E-state index in [1.165, 1.54) is 4.90 Å². The largest absolute Gasteiger partial charge is 0.389 e. The van der Waals surface area contributed by atoms with Crippen molar-refractivity contribution in [3.63, 3.8) is 0 Å². The van der Waals surface area contributed by atoms with Crippen molar-refractivity contribution in [3.05, 3.63) is 0 Å². The molecule has 2 saturated heterocycles. The first-order valence-corrected chi connectivity index (χ1v) is 9.76. The van der Waals surface area contributed by atoms with Crippen molar-refractivity contribution < 1.29 is 26.4 Å². The molecule has 0 N–H and O–H groups in total. The van der Waals surface area contributed by atoms with Gasteiger partial charge in [-0.3, -0.25) is 14.6 Å². The number of hydrogen-bond donors (Lipinski definition) is 0. The molecule has 2 aliphatic heterocycles. The molecular formula is C14H24F3N3O3S. The molecule has 0 spiro atoms. The number of fused-ring (bicyclic) bond motifs is 1. The fraction of sp³-hybridized carbons (Fsp3) is 0.929. The van der Waals surface area contributed by atoms with E-state index in [0.29, 0.717) is 13.1 Å². The van der Waals surface area contributed by atoms with E-state index in [0.717, 1.165) is 0 Å². The Morgan fingerprint density at radius 2 is 1.67 bits per heavy atom. The zero-order chi connectivity index (χ0) is 18.1. The number of alkyl halides is 3. The monoisotopic (exact) mass is 371 g/mol. The third kappa shape index (κ3) is 5.06. The molecule has 0 aromatic carbocycles. The van der Waals surface area contributed by atoms with Gasteiger partial charge in [0.05, 0.1) is 18.1 Å². The molecule has 0 saturated carbocycles. The summed E-state index contributed by atoms with van der Waals surface area (Å²) >= 11 is 0. The Kier molecular flexibility index (Phi) is 5.81. The molecule has 0 bridgehead atoms. The average Bonchev–Trinajstić information content (AvgIpc) is 2.75. The molecular weight excluding hydrogens is 347 g/mol. The Morgan fingerprint density at radius 3 is 2.21 bits per heavy atom. The van der Waals surface area contributed by atoms with Crippen LogP contribution in [0.5, 0.6) is 0 Å². The highest BCUT2D eigenvalue weighted by Gasteiger charge is 2.46. The van der Waals surface area contributed by atoms with Crippen LogP contribution < -0.4 is 0 Å². The van der Waals surface area contributed by atoms with Crippen LogP contribution in [-0.4, -0.2) is 99.1 Å². The molecule has 10 heteroatoms. The second-order valence-corrected chi connectivity index (χ2v) is 8.88. The predicted molar refractivity (Wildman–Crippen MR) is 83.4 cm³/mol. The number of halogens is 3. The van der Waals surface area contributed by atoms with E-state index in [1.807, 2.05) is 9.80 Å². The lowest BCUT2D eigenvalue weighted by atomic mass is 10.0. The van der Waals surface area contributed by atoms with Crippen LogP contribution in [0.2, 0.25) is 0 Å². The van der Waals surface area contributed by atoms with Crippen LogP contribution >= 0.6 is 0 Å². The summed E-state index contributed by atoms with van der Waals surface area (Å²) < 4.78 is 61.0. The van der Waals surface area contributed by atoms with Gasteiger partial charge in [-0.05, 0) is 13.0 Å². The van der Waals surface area contributed by atoms with E-state index in [4.69, 9.17) is 0 Å². The lowest BCUT2D eigenvalue weighted by molar-refractivity contribution is -0.137. The molecule has 0 radical (unpaired) electrons. The van der Waals surface area contributed by atoms with Crippen LogP contribution in [0.25, 0.3) is 0 Å². The summed E-state index contributed by atoms with van der Waals surface area (Å²) in [4.78, 5) is 17.1. The number of carbonyl (C=O) groups is 1. The van der Waals surface area contributed by atoms with Crippen molar-refractivity contribution >= 4 is 15.7 Å². The van der Waals surface area contributed by atoms with Gasteiger partial charge in [0.25, 0.3) is 0 Å². The predicted octanol–water partition coefficient (Wildman–Crippen LogP) is 0.200. The molecule has 0 aromatic rings. The first kappa shape index (κ1) is 19.5. The van der Waals surface area contributed by atoms with E-state index < -0.39 is 22.4 Å². The molecule has 2 atom stereocenters. The van der Waals surface area contributed by atoms with Crippen molar-refractivity contribution in [2.24, 2.45) is 0 Å². The van der Waals surface area contributed by atoms with Crippen LogP contribution in [0.1, 0.15) is 12.8 Å². The number of rotatable bonds is 5. The van der Waals surface area contributed by atoms with Crippen LogP contribution in [0, 0.1) is 0 Å². The van der Waals surface area contributed by atoms with Crippen molar-refractivity contribution in [2.75, 3.05) is 51.8 Å². The highest BCUT2D eigenvalue weighted by molar-refractivity contribution is 7.91. The molecule has 2 heterocycles. The fourth-order valence-corrected chi connectivity index (χ4v) is 5.41. The number of likely N-dealkylation sites (N-methyl/N-ethyl adjacent to an activating group) is 1. The van der Waals surface area contributed by atoms with Crippen LogP contribution in [0.4, 0.5) is 13.2 Å². The molecule has 6 nitrogen and oxygen atoms in total. The second kappa shape index (κ2) is 7.17. The molecule has 24 heavy (non-hydrogen) atoms. The first-order chi connectivity index (χ1) is 11.0. The van der Waals surface area contributed by atoms with Crippen LogP contribution in [-0.2, 0) is 14.6 Å². The summed E-state index contributed by atoms with van der Waals surface area (Å²) in [6, 6.07) is -0.648. The van der Waals surface area contributed by atoms with E-state index in [2.05, 4.69) is 0 Å². The quantitative estimate of drug-likeness (QED) is 0.691. The summed E-state index contributed by atoms with van der Waals surface area (Å²) in [7, 11) is 0.0404. The summed E-state index contributed by atoms with van der Waals surface area (Å²) in [6.45, 7) is 1.34. The highest BCUT2D eigenvalue weighted by Crippen LogP contribution is 2.28. The van der Waals surface area contributed by atoms with Gasteiger partial charge in [-0.1, -0.05) is 0 Å². The lowest BCUT2D eigenvalue weighted by Crippen LogP contribution is -2.60. The van der Waals surface area contributed by atoms with Crippen LogP contribution in [0.3, 0.4) is 0 Å². The summed E-state index contributed by atoms with van der Waals surface area (Å²) in [6.07, 6.45) is -5.10. The van der Waals surface area contributed by atoms with Gasteiger partial charge in [0.15, 0.2) is 9.84 Å². The number of carbonyl (C=O) groups excluding carboxylic acids is 1. The zero-order valence-electron chi connectivity index (χ0n) is 13.9. The number of amides is 1. The second-order valence-electron chi connectivity index (χ2n) is 6.72. The van der Waals surface area contributed by atoms with Gasteiger partial charge >= 0.3 is 6.18 Å². The third-order valence-electron chi connectivity index (χ3n) is 4.65. The third-order valence-corrected chi connectivity index (χ3v) is 6.35. The molecule has 2 fully saturated rings. The number of sulfone groups is 1. The highest BCUT2D eigenvalue weighted by atomic mass is 32.2. The topological polar surface area (TPSA) is 60.9 Å². The van der Waals surface area contributed by atoms with Gasteiger partial charge in [0.1, 0.15) is 0 Å². The van der Waals surface area contributed by atoms with Gasteiger partial charge in [0.2, 0.25) is 5.91 Å². The van der Waals surface area contributed by atoms with Gasteiger partial charge in [-0.15, -0.1) is 0 Å². The smallest absolute Gasteiger partial charge is 0.348 e. The van der Waals surface area contributed by atoms with Crippen molar-refractivity contribution in [2.45, 2.75) is 31.1 Å². The Bertz CT molecular complexity index is 565. The van der Waals surface area contributed by atoms with Gasteiger partial charge in [-0.2, -0.15) is 13.2 Å². The van der Waals surface area contributed by atoms with E-state index >= 15 is 0 Å². The zero-order valence-corrected chi connectivity index (χ0v) is 14.7. The van der Waals surface area contributed by atoms with Crippen LogP contribution in [0.15, 0.2) is 0 Å². The molecule has 2 aliphatic rings. The maximum Gasteiger partial charge on any atom is 0.389 e. The minimum atomic E-state index is -4.19. The van der Waals surface area contributed by atoms with Gasteiger partial charge < -0.3 is 4.90 Å². The Balaban J connectivity index is 2.02. The Hall–Kier alpha value is -0.870. The fourth-order valence-electron chi connectivity index (χ4n) is 3.37. The molecule has 1 amide bonds. The van der Waals surface area contributed by atoms with E-state index in [1.54, 1.807) is 14.1 Å². The maximum atomic E-state index is 12.3. The molecule has 0 aromatic heterocycles. The first-order valence-electron chi connectivity index (χ1n) is 7.94. The molecule has 0 unspecified atom stereocenters. The minimum Gasteiger partial charge on any atom is -0.348 e.